The monoisotopic (exact) mass is 218 g/mol. The van der Waals surface area contributed by atoms with Gasteiger partial charge in [-0.15, -0.1) is 0 Å². The van der Waals surface area contributed by atoms with Crippen LogP contribution in [0.15, 0.2) is 6.07 Å². The molecule has 0 spiro atoms. The highest BCUT2D eigenvalue weighted by molar-refractivity contribution is 5.46. The Bertz CT molecular complexity index is 365. The lowest BCUT2D eigenvalue weighted by Crippen LogP contribution is -2.18. The van der Waals surface area contributed by atoms with Crippen LogP contribution >= 0.6 is 0 Å². The minimum absolute atomic E-state index is 0.329. The Morgan fingerprint density at radius 3 is 1.56 bits per heavy atom. The molecule has 0 fully saturated rings. The molecule has 0 heteroatoms. The minimum atomic E-state index is 0.329. The highest BCUT2D eigenvalue weighted by atomic mass is 14.3. The summed E-state index contributed by atoms with van der Waals surface area (Å²) in [7, 11) is 0. The summed E-state index contributed by atoms with van der Waals surface area (Å²) in [6.45, 7) is 18.3. The maximum absolute atomic E-state index is 2.36. The van der Waals surface area contributed by atoms with Crippen molar-refractivity contribution in [2.75, 3.05) is 0 Å². The van der Waals surface area contributed by atoms with Gasteiger partial charge in [-0.05, 0) is 66.8 Å². The molecule has 16 heavy (non-hydrogen) atoms. The van der Waals surface area contributed by atoms with Gasteiger partial charge in [0.15, 0.2) is 0 Å². The summed E-state index contributed by atoms with van der Waals surface area (Å²) in [5.74, 6) is 0.603. The van der Waals surface area contributed by atoms with Gasteiger partial charge in [-0.2, -0.15) is 0 Å². The van der Waals surface area contributed by atoms with Crippen LogP contribution in [0.2, 0.25) is 0 Å². The van der Waals surface area contributed by atoms with Crippen molar-refractivity contribution in [3.63, 3.8) is 0 Å². The van der Waals surface area contributed by atoms with E-state index in [1.807, 2.05) is 0 Å². The Balaban J connectivity index is 3.44. The first-order valence-electron chi connectivity index (χ1n) is 6.23. The van der Waals surface area contributed by atoms with E-state index >= 15 is 0 Å². The second-order valence-electron chi connectivity index (χ2n) is 6.26. The molecule has 0 aromatic heterocycles. The molecule has 1 atom stereocenters. The van der Waals surface area contributed by atoms with Crippen molar-refractivity contribution in [1.82, 2.24) is 0 Å². The molecule has 1 unspecified atom stereocenters. The maximum Gasteiger partial charge on any atom is -0.0136 e. The van der Waals surface area contributed by atoms with E-state index in [2.05, 4.69) is 61.5 Å². The largest absolute Gasteiger partial charge is 0.0596 e. The summed E-state index contributed by atoms with van der Waals surface area (Å²) in [5, 5.41) is 0. The summed E-state index contributed by atoms with van der Waals surface area (Å²) in [4.78, 5) is 0. The summed E-state index contributed by atoms with van der Waals surface area (Å²) >= 11 is 0. The molecule has 0 aliphatic rings. The van der Waals surface area contributed by atoms with Gasteiger partial charge in [0.1, 0.15) is 0 Å². The third kappa shape index (κ3) is 2.31. The van der Waals surface area contributed by atoms with Gasteiger partial charge in [-0.3, -0.25) is 0 Å². The Morgan fingerprint density at radius 1 is 0.875 bits per heavy atom. The molecule has 0 bridgehead atoms. The number of benzene rings is 1. The molecule has 0 amide bonds. The Morgan fingerprint density at radius 2 is 1.25 bits per heavy atom. The maximum atomic E-state index is 2.36. The standard InChI is InChI=1S/C16H26/c1-10-9-11(2)13(4)15(12(10)3)14(5)16(6,7)8/h9,14H,1-8H3. The van der Waals surface area contributed by atoms with E-state index < -0.39 is 0 Å². The first-order valence-corrected chi connectivity index (χ1v) is 6.23. The normalized spacial score (nSPS) is 14.0. The van der Waals surface area contributed by atoms with E-state index in [-0.39, 0.29) is 0 Å². The molecule has 0 aliphatic carbocycles. The van der Waals surface area contributed by atoms with E-state index in [4.69, 9.17) is 0 Å². The van der Waals surface area contributed by atoms with E-state index in [1.54, 1.807) is 5.56 Å². The Kier molecular flexibility index (Phi) is 3.52. The van der Waals surface area contributed by atoms with Gasteiger partial charge in [0.05, 0.1) is 0 Å². The quantitative estimate of drug-likeness (QED) is 0.617. The first-order chi connectivity index (χ1) is 7.16. The lowest BCUT2D eigenvalue weighted by Gasteiger charge is -2.31. The van der Waals surface area contributed by atoms with E-state index in [1.165, 1.54) is 22.3 Å². The average molecular weight is 218 g/mol. The fourth-order valence-electron chi connectivity index (χ4n) is 2.33. The van der Waals surface area contributed by atoms with Gasteiger partial charge in [0.2, 0.25) is 0 Å². The van der Waals surface area contributed by atoms with Gasteiger partial charge < -0.3 is 0 Å². The molecular weight excluding hydrogens is 192 g/mol. The molecule has 0 radical (unpaired) electrons. The summed E-state index contributed by atoms with van der Waals surface area (Å²) < 4.78 is 0. The predicted molar refractivity (Wildman–Crippen MR) is 73.3 cm³/mol. The van der Waals surface area contributed by atoms with Crippen LogP contribution in [0, 0.1) is 33.1 Å². The zero-order valence-corrected chi connectivity index (χ0v) is 12.2. The zero-order valence-electron chi connectivity index (χ0n) is 12.2. The lowest BCUT2D eigenvalue weighted by molar-refractivity contribution is 0.337. The Hall–Kier alpha value is -0.780. The van der Waals surface area contributed by atoms with Crippen molar-refractivity contribution in [1.29, 1.82) is 0 Å². The van der Waals surface area contributed by atoms with Crippen LogP contribution in [0.4, 0.5) is 0 Å². The highest BCUT2D eigenvalue weighted by Crippen LogP contribution is 2.39. The minimum Gasteiger partial charge on any atom is -0.0596 e. The predicted octanol–water partition coefficient (Wildman–Crippen LogP) is 5.07. The molecule has 1 rings (SSSR count). The lowest BCUT2D eigenvalue weighted by atomic mass is 9.74. The van der Waals surface area contributed by atoms with Crippen molar-refractivity contribution in [3.8, 4) is 0 Å². The van der Waals surface area contributed by atoms with Crippen LogP contribution < -0.4 is 0 Å². The fraction of sp³-hybridized carbons (Fsp3) is 0.625. The van der Waals surface area contributed by atoms with Crippen LogP contribution in [0.3, 0.4) is 0 Å². The van der Waals surface area contributed by atoms with Gasteiger partial charge in [0, 0.05) is 0 Å². The van der Waals surface area contributed by atoms with Crippen LogP contribution in [0.1, 0.15) is 61.4 Å². The van der Waals surface area contributed by atoms with Crippen molar-refractivity contribution < 1.29 is 0 Å². The first kappa shape index (κ1) is 13.3. The second-order valence-corrected chi connectivity index (χ2v) is 6.26. The van der Waals surface area contributed by atoms with Crippen LogP contribution in [-0.2, 0) is 0 Å². The van der Waals surface area contributed by atoms with Crippen molar-refractivity contribution >= 4 is 0 Å². The molecule has 90 valence electrons. The van der Waals surface area contributed by atoms with E-state index in [9.17, 15) is 0 Å². The fourth-order valence-corrected chi connectivity index (χ4v) is 2.33. The number of hydrogen-bond donors (Lipinski definition) is 0. The molecule has 0 saturated carbocycles. The highest BCUT2D eigenvalue weighted by Gasteiger charge is 2.25. The van der Waals surface area contributed by atoms with Crippen LogP contribution in [0.25, 0.3) is 0 Å². The van der Waals surface area contributed by atoms with Gasteiger partial charge in [-0.1, -0.05) is 33.8 Å². The summed E-state index contributed by atoms with van der Waals surface area (Å²) in [6, 6.07) is 2.31. The van der Waals surface area contributed by atoms with Crippen molar-refractivity contribution in [2.45, 2.75) is 61.3 Å². The molecule has 0 aliphatic heterocycles. The number of hydrogen-bond acceptors (Lipinski definition) is 0. The van der Waals surface area contributed by atoms with Gasteiger partial charge >= 0.3 is 0 Å². The molecule has 0 nitrogen and oxygen atoms in total. The third-order valence-electron chi connectivity index (χ3n) is 4.16. The van der Waals surface area contributed by atoms with Gasteiger partial charge in [0.25, 0.3) is 0 Å². The molecule has 1 aromatic carbocycles. The molecule has 0 saturated heterocycles. The van der Waals surface area contributed by atoms with Crippen LogP contribution in [0.5, 0.6) is 0 Å². The Labute approximate surface area is 101 Å². The molecule has 0 N–H and O–H groups in total. The topological polar surface area (TPSA) is 0 Å². The molecular formula is C16H26. The van der Waals surface area contributed by atoms with Crippen molar-refractivity contribution in [2.24, 2.45) is 5.41 Å². The summed E-state index contributed by atoms with van der Waals surface area (Å²) in [6.07, 6.45) is 0. The zero-order chi connectivity index (χ0) is 12.7. The second kappa shape index (κ2) is 4.24. The molecule has 0 heterocycles. The number of aryl methyl sites for hydroxylation is 2. The van der Waals surface area contributed by atoms with E-state index in [0.29, 0.717) is 11.3 Å². The SMILES string of the molecule is Cc1cc(C)c(C)c(C(C)C(C)(C)C)c1C. The molecule has 1 aromatic rings. The average Bonchev–Trinajstić information content (AvgIpc) is 2.13. The van der Waals surface area contributed by atoms with Gasteiger partial charge in [-0.25, -0.2) is 0 Å². The van der Waals surface area contributed by atoms with Crippen LogP contribution in [-0.4, -0.2) is 0 Å². The van der Waals surface area contributed by atoms with Crippen molar-refractivity contribution in [3.05, 3.63) is 33.9 Å². The van der Waals surface area contributed by atoms with E-state index in [0.717, 1.165) is 0 Å². The summed E-state index contributed by atoms with van der Waals surface area (Å²) in [5.41, 5.74) is 7.69. The third-order valence-corrected chi connectivity index (χ3v) is 4.16. The number of rotatable bonds is 1. The smallest absolute Gasteiger partial charge is 0.0136 e.